The van der Waals surface area contributed by atoms with Crippen molar-refractivity contribution in [2.75, 3.05) is 13.2 Å². The molecule has 6 heteroatoms. The predicted molar refractivity (Wildman–Crippen MR) is 95.3 cm³/mol. The highest BCUT2D eigenvalue weighted by Crippen LogP contribution is 2.46. The number of benzene rings is 1. The Labute approximate surface area is 152 Å². The van der Waals surface area contributed by atoms with E-state index in [9.17, 15) is 10.1 Å². The van der Waals surface area contributed by atoms with Crippen LogP contribution in [0.4, 0.5) is 0 Å². The van der Waals surface area contributed by atoms with Crippen molar-refractivity contribution in [1.29, 1.82) is 5.26 Å². The monoisotopic (exact) mass is 354 g/mol. The van der Waals surface area contributed by atoms with Gasteiger partial charge in [0.15, 0.2) is 5.78 Å². The lowest BCUT2D eigenvalue weighted by Gasteiger charge is -2.31. The number of nitrogens with two attached hydrogens (primary N) is 1. The molecule has 6 nitrogen and oxygen atoms in total. The smallest absolute Gasteiger partial charge is 0.205 e. The summed E-state index contributed by atoms with van der Waals surface area (Å²) < 4.78 is 17.0. The predicted octanol–water partition coefficient (Wildman–Crippen LogP) is 3.30. The van der Waals surface area contributed by atoms with Gasteiger partial charge in [0.2, 0.25) is 5.88 Å². The van der Waals surface area contributed by atoms with Gasteiger partial charge in [0.25, 0.3) is 0 Å². The molecule has 26 heavy (non-hydrogen) atoms. The molecule has 0 radical (unpaired) electrons. The first-order chi connectivity index (χ1) is 12.6. The van der Waals surface area contributed by atoms with Gasteiger partial charge in [-0.2, -0.15) is 5.26 Å². The van der Waals surface area contributed by atoms with E-state index in [2.05, 4.69) is 6.07 Å². The van der Waals surface area contributed by atoms with Crippen molar-refractivity contribution in [3.63, 3.8) is 0 Å². The van der Waals surface area contributed by atoms with E-state index in [0.29, 0.717) is 54.5 Å². The van der Waals surface area contributed by atoms with Crippen LogP contribution >= 0.6 is 0 Å². The molecule has 1 aliphatic carbocycles. The number of carbonyl (C=O) groups is 1. The summed E-state index contributed by atoms with van der Waals surface area (Å²) in [5.41, 5.74) is 7.45. The molecule has 1 atom stereocenters. The average molecular weight is 354 g/mol. The number of carbonyl (C=O) groups excluding carboxylic acids is 1. The molecule has 0 saturated carbocycles. The van der Waals surface area contributed by atoms with Crippen molar-refractivity contribution in [2.45, 2.75) is 39.0 Å². The van der Waals surface area contributed by atoms with Crippen LogP contribution in [0.5, 0.6) is 11.5 Å². The Morgan fingerprint density at radius 1 is 1.27 bits per heavy atom. The van der Waals surface area contributed by atoms with Gasteiger partial charge in [-0.05, 0) is 38.5 Å². The SMILES string of the molecule is CCOc1ccc(OCC)c([C@@H]2C(C#N)=C(N)OC3=C2C(=O)CCC3)c1. The van der Waals surface area contributed by atoms with E-state index < -0.39 is 5.92 Å². The summed E-state index contributed by atoms with van der Waals surface area (Å²) in [7, 11) is 0. The maximum atomic E-state index is 12.7. The van der Waals surface area contributed by atoms with Crippen molar-refractivity contribution in [3.8, 4) is 17.6 Å². The lowest BCUT2D eigenvalue weighted by atomic mass is 9.77. The molecule has 1 aromatic rings. The zero-order valence-electron chi connectivity index (χ0n) is 15.0. The minimum atomic E-state index is -0.599. The van der Waals surface area contributed by atoms with Gasteiger partial charge in [0.1, 0.15) is 28.9 Å². The molecule has 1 heterocycles. The number of hydrogen-bond donors (Lipinski definition) is 1. The molecule has 0 saturated heterocycles. The number of hydrogen-bond acceptors (Lipinski definition) is 6. The number of ether oxygens (including phenoxy) is 3. The molecule has 136 valence electrons. The summed E-state index contributed by atoms with van der Waals surface area (Å²) in [5, 5.41) is 9.69. The molecule has 1 aliphatic heterocycles. The van der Waals surface area contributed by atoms with Crippen LogP contribution in [0.3, 0.4) is 0 Å². The highest BCUT2D eigenvalue weighted by atomic mass is 16.5. The molecule has 0 unspecified atom stereocenters. The van der Waals surface area contributed by atoms with E-state index in [1.54, 1.807) is 6.07 Å². The largest absolute Gasteiger partial charge is 0.494 e. The minimum absolute atomic E-state index is 0.0132. The van der Waals surface area contributed by atoms with Crippen molar-refractivity contribution in [3.05, 3.63) is 46.6 Å². The molecule has 0 fully saturated rings. The van der Waals surface area contributed by atoms with Crippen molar-refractivity contribution < 1.29 is 19.0 Å². The first-order valence-corrected chi connectivity index (χ1v) is 8.84. The zero-order valence-corrected chi connectivity index (χ0v) is 15.0. The molecular formula is C20H22N2O4. The molecule has 0 spiro atoms. The van der Waals surface area contributed by atoms with E-state index in [1.807, 2.05) is 26.0 Å². The van der Waals surface area contributed by atoms with E-state index in [-0.39, 0.29) is 17.2 Å². The van der Waals surface area contributed by atoms with Gasteiger partial charge < -0.3 is 19.9 Å². The van der Waals surface area contributed by atoms with Crippen LogP contribution in [-0.4, -0.2) is 19.0 Å². The molecule has 3 rings (SSSR count). The summed E-state index contributed by atoms with van der Waals surface area (Å²) in [4.78, 5) is 12.7. The summed E-state index contributed by atoms with van der Waals surface area (Å²) in [5.74, 6) is 1.26. The molecule has 2 N–H and O–H groups in total. The fourth-order valence-corrected chi connectivity index (χ4v) is 3.46. The second-order valence-corrected chi connectivity index (χ2v) is 6.10. The van der Waals surface area contributed by atoms with E-state index in [4.69, 9.17) is 19.9 Å². The summed E-state index contributed by atoms with van der Waals surface area (Å²) in [6, 6.07) is 7.56. The lowest BCUT2D eigenvalue weighted by Crippen LogP contribution is -2.27. The van der Waals surface area contributed by atoms with E-state index in [1.165, 1.54) is 0 Å². The lowest BCUT2D eigenvalue weighted by molar-refractivity contribution is -0.116. The van der Waals surface area contributed by atoms with Gasteiger partial charge in [-0.1, -0.05) is 0 Å². The maximum absolute atomic E-state index is 12.7. The Balaban J connectivity index is 2.21. The Kier molecular flexibility index (Phi) is 5.17. The van der Waals surface area contributed by atoms with Crippen LogP contribution in [0.15, 0.2) is 41.0 Å². The normalized spacial score (nSPS) is 19.6. The van der Waals surface area contributed by atoms with Crippen LogP contribution < -0.4 is 15.2 Å². The van der Waals surface area contributed by atoms with E-state index >= 15 is 0 Å². The highest BCUT2D eigenvalue weighted by Gasteiger charge is 2.39. The first kappa shape index (κ1) is 17.9. The second kappa shape index (κ2) is 7.52. The minimum Gasteiger partial charge on any atom is -0.494 e. The van der Waals surface area contributed by atoms with Crippen molar-refractivity contribution in [2.24, 2.45) is 5.73 Å². The first-order valence-electron chi connectivity index (χ1n) is 8.84. The number of nitriles is 1. The molecular weight excluding hydrogens is 332 g/mol. The summed E-state index contributed by atoms with van der Waals surface area (Å²) in [6.07, 6.45) is 1.79. The number of Topliss-reactive ketones (excluding diaryl/α,β-unsaturated/α-hetero) is 1. The Bertz CT molecular complexity index is 833. The maximum Gasteiger partial charge on any atom is 0.205 e. The molecule has 1 aromatic carbocycles. The summed E-state index contributed by atoms with van der Waals surface area (Å²) >= 11 is 0. The van der Waals surface area contributed by atoms with Gasteiger partial charge >= 0.3 is 0 Å². The average Bonchev–Trinajstić information content (AvgIpc) is 2.62. The summed E-state index contributed by atoms with van der Waals surface area (Å²) in [6.45, 7) is 4.76. The quantitative estimate of drug-likeness (QED) is 0.872. The van der Waals surface area contributed by atoms with Gasteiger partial charge in [0, 0.05) is 24.0 Å². The Morgan fingerprint density at radius 3 is 2.73 bits per heavy atom. The third kappa shape index (κ3) is 3.13. The number of rotatable bonds is 5. The van der Waals surface area contributed by atoms with Crippen LogP contribution in [-0.2, 0) is 9.53 Å². The van der Waals surface area contributed by atoms with Crippen molar-refractivity contribution >= 4 is 5.78 Å². The van der Waals surface area contributed by atoms with E-state index in [0.717, 1.165) is 6.42 Å². The van der Waals surface area contributed by atoms with Crippen LogP contribution in [0.2, 0.25) is 0 Å². The van der Waals surface area contributed by atoms with Crippen LogP contribution in [0.1, 0.15) is 44.6 Å². The molecule has 0 bridgehead atoms. The van der Waals surface area contributed by atoms with Crippen LogP contribution in [0, 0.1) is 11.3 Å². The van der Waals surface area contributed by atoms with Gasteiger partial charge in [-0.15, -0.1) is 0 Å². The number of allylic oxidation sites excluding steroid dienone is 3. The molecule has 2 aliphatic rings. The third-order valence-electron chi connectivity index (χ3n) is 4.51. The topological polar surface area (TPSA) is 94.6 Å². The third-order valence-corrected chi connectivity index (χ3v) is 4.51. The fourth-order valence-electron chi connectivity index (χ4n) is 3.46. The standard InChI is InChI=1S/C20H22N2O4/c1-3-24-12-8-9-16(25-4-2)13(10-12)18-14(11-21)20(22)26-17-7-5-6-15(23)19(17)18/h8-10,18H,3-7,22H2,1-2H3/t18-/m1/s1. The van der Waals surface area contributed by atoms with Crippen molar-refractivity contribution in [1.82, 2.24) is 0 Å². The number of nitrogens with zero attached hydrogens (tertiary/aromatic N) is 1. The van der Waals surface area contributed by atoms with Gasteiger partial charge in [-0.3, -0.25) is 4.79 Å². The highest BCUT2D eigenvalue weighted by molar-refractivity contribution is 5.99. The molecule has 0 aromatic heterocycles. The molecule has 0 amide bonds. The second-order valence-electron chi connectivity index (χ2n) is 6.10. The number of ketones is 1. The van der Waals surface area contributed by atoms with Crippen LogP contribution in [0.25, 0.3) is 0 Å². The van der Waals surface area contributed by atoms with Gasteiger partial charge in [0.05, 0.1) is 19.1 Å². The van der Waals surface area contributed by atoms with Gasteiger partial charge in [-0.25, -0.2) is 0 Å². The fraction of sp³-hybridized carbons (Fsp3) is 0.400. The Hall–Kier alpha value is -2.94. The zero-order chi connectivity index (χ0) is 18.7. The Morgan fingerprint density at radius 2 is 2.04 bits per heavy atom.